The van der Waals surface area contributed by atoms with Gasteiger partial charge < -0.3 is 4.74 Å². The Balaban J connectivity index is 2.93. The molecule has 74 valence electrons. The second-order valence-corrected chi connectivity index (χ2v) is 2.80. The van der Waals surface area contributed by atoms with Crippen LogP contribution in [0.2, 0.25) is 0 Å². The number of nitrogens with zero attached hydrogens (tertiary/aromatic N) is 1. The fraction of sp³-hybridized carbons (Fsp3) is 0.222. The molecule has 0 saturated carbocycles. The first-order valence-electron chi connectivity index (χ1n) is 3.97. The van der Waals surface area contributed by atoms with Crippen LogP contribution in [0.4, 0.5) is 0 Å². The van der Waals surface area contributed by atoms with E-state index in [0.29, 0.717) is 0 Å². The topological polar surface area (TPSA) is 56.3 Å². The minimum atomic E-state index is -0.649. The van der Waals surface area contributed by atoms with Crippen molar-refractivity contribution in [3.63, 3.8) is 0 Å². The number of aromatic nitrogens is 1. The van der Waals surface area contributed by atoms with Crippen molar-refractivity contribution >= 4 is 22.8 Å². The van der Waals surface area contributed by atoms with Gasteiger partial charge in [0.1, 0.15) is 0 Å². The Morgan fingerprint density at radius 2 is 2.07 bits per heavy atom. The molecule has 0 aliphatic carbocycles. The van der Waals surface area contributed by atoms with Gasteiger partial charge in [-0.25, -0.2) is 4.79 Å². The molecule has 0 radical (unpaired) electrons. The van der Waals surface area contributed by atoms with Crippen molar-refractivity contribution in [1.29, 1.82) is 0 Å². The minimum Gasteiger partial charge on any atom is -0.462 e. The van der Waals surface area contributed by atoms with Gasteiger partial charge in [-0.2, -0.15) is 0 Å². The Labute approximate surface area is 85.9 Å². The van der Waals surface area contributed by atoms with Crippen LogP contribution in [-0.2, 0) is 4.74 Å². The van der Waals surface area contributed by atoms with E-state index in [2.05, 4.69) is 4.98 Å². The van der Waals surface area contributed by atoms with Gasteiger partial charge in [-0.15, -0.1) is 0 Å². The van der Waals surface area contributed by atoms with Crippen LogP contribution in [0, 0.1) is 0 Å². The number of hydrogen-bond donors (Lipinski definition) is 0. The smallest absolute Gasteiger partial charge is 0.339 e. The number of rotatable bonds is 3. The van der Waals surface area contributed by atoms with E-state index in [4.69, 9.17) is 16.3 Å². The normalized spacial score (nSPS) is 9.57. The molecule has 1 rings (SSSR count). The van der Waals surface area contributed by atoms with Crippen LogP contribution >= 0.6 is 11.6 Å². The maximum atomic E-state index is 11.2. The molecule has 0 unspecified atom stereocenters. The van der Waals surface area contributed by atoms with Gasteiger partial charge in [-0.1, -0.05) is 0 Å². The molecule has 1 heterocycles. The van der Waals surface area contributed by atoms with Crippen LogP contribution in [0.15, 0.2) is 18.5 Å². The Hall–Kier alpha value is -1.42. The summed E-state index contributed by atoms with van der Waals surface area (Å²) in [7, 11) is 0. The van der Waals surface area contributed by atoms with E-state index >= 15 is 0 Å². The molecule has 0 saturated heterocycles. The van der Waals surface area contributed by atoms with Crippen LogP contribution in [0.25, 0.3) is 0 Å². The highest BCUT2D eigenvalue weighted by Crippen LogP contribution is 2.07. The quantitative estimate of drug-likeness (QED) is 0.566. The second-order valence-electron chi connectivity index (χ2n) is 2.46. The molecule has 0 aliphatic rings. The van der Waals surface area contributed by atoms with E-state index in [-0.39, 0.29) is 17.7 Å². The van der Waals surface area contributed by atoms with E-state index < -0.39 is 11.2 Å². The molecular formula is C9H8ClNO3. The third-order valence-corrected chi connectivity index (χ3v) is 1.69. The number of ether oxygens (including phenoxy) is 1. The zero-order chi connectivity index (χ0) is 10.6. The number of hydrogen-bond acceptors (Lipinski definition) is 4. The van der Waals surface area contributed by atoms with Crippen molar-refractivity contribution in [2.45, 2.75) is 6.92 Å². The zero-order valence-electron chi connectivity index (χ0n) is 7.49. The molecule has 0 bridgehead atoms. The third kappa shape index (κ3) is 2.53. The third-order valence-electron chi connectivity index (χ3n) is 1.48. The molecule has 0 spiro atoms. The first kappa shape index (κ1) is 10.7. The van der Waals surface area contributed by atoms with Crippen LogP contribution < -0.4 is 0 Å². The first-order chi connectivity index (χ1) is 6.65. The van der Waals surface area contributed by atoms with Crippen LogP contribution in [0.5, 0.6) is 0 Å². The highest BCUT2D eigenvalue weighted by atomic mass is 35.5. The summed E-state index contributed by atoms with van der Waals surface area (Å²) in [6.07, 6.45) is 2.61. The van der Waals surface area contributed by atoms with Gasteiger partial charge in [0.05, 0.1) is 17.7 Å². The Morgan fingerprint density at radius 3 is 2.64 bits per heavy atom. The van der Waals surface area contributed by atoms with Gasteiger partial charge in [0.25, 0.3) is 5.24 Å². The fourth-order valence-corrected chi connectivity index (χ4v) is 0.977. The zero-order valence-corrected chi connectivity index (χ0v) is 8.25. The monoisotopic (exact) mass is 213 g/mol. The summed E-state index contributed by atoms with van der Waals surface area (Å²) in [6, 6.07) is 1.35. The van der Waals surface area contributed by atoms with Gasteiger partial charge in [-0.3, -0.25) is 9.78 Å². The number of esters is 1. The summed E-state index contributed by atoms with van der Waals surface area (Å²) >= 11 is 5.23. The lowest BCUT2D eigenvalue weighted by Crippen LogP contribution is -2.06. The van der Waals surface area contributed by atoms with E-state index in [1.54, 1.807) is 6.92 Å². The number of pyridine rings is 1. The van der Waals surface area contributed by atoms with Crippen molar-refractivity contribution in [2.75, 3.05) is 6.61 Å². The molecule has 5 heteroatoms. The van der Waals surface area contributed by atoms with Crippen LogP contribution in [0.1, 0.15) is 27.6 Å². The maximum absolute atomic E-state index is 11.2. The standard InChI is InChI=1S/C9H8ClNO3/c1-2-14-9(13)7-3-6(8(10)12)4-11-5-7/h3-5H,2H2,1H3. The second kappa shape index (κ2) is 4.72. The summed E-state index contributed by atoms with van der Waals surface area (Å²) < 4.78 is 4.73. The molecule has 14 heavy (non-hydrogen) atoms. The summed E-state index contributed by atoms with van der Waals surface area (Å²) in [5.41, 5.74) is 0.399. The van der Waals surface area contributed by atoms with Gasteiger partial charge in [0, 0.05) is 12.4 Å². The van der Waals surface area contributed by atoms with Gasteiger partial charge in [0.2, 0.25) is 0 Å². The molecule has 1 aromatic heterocycles. The van der Waals surface area contributed by atoms with E-state index in [1.807, 2.05) is 0 Å². The molecule has 0 atom stereocenters. The molecule has 1 aromatic rings. The molecule has 0 fully saturated rings. The van der Waals surface area contributed by atoms with Gasteiger partial charge >= 0.3 is 5.97 Å². The Morgan fingerprint density at radius 1 is 1.43 bits per heavy atom. The van der Waals surface area contributed by atoms with Crippen LogP contribution in [0.3, 0.4) is 0 Å². The van der Waals surface area contributed by atoms with Crippen molar-refractivity contribution in [3.05, 3.63) is 29.6 Å². The lowest BCUT2D eigenvalue weighted by atomic mass is 10.2. The Bertz CT molecular complexity index is 365. The largest absolute Gasteiger partial charge is 0.462 e. The molecular weight excluding hydrogens is 206 g/mol. The van der Waals surface area contributed by atoms with Gasteiger partial charge in [0.15, 0.2) is 0 Å². The molecule has 0 amide bonds. The Kier molecular flexibility index (Phi) is 3.59. The highest BCUT2D eigenvalue weighted by molar-refractivity contribution is 6.67. The van der Waals surface area contributed by atoms with Crippen molar-refractivity contribution in [2.24, 2.45) is 0 Å². The molecule has 0 aromatic carbocycles. The van der Waals surface area contributed by atoms with E-state index in [9.17, 15) is 9.59 Å². The molecule has 0 N–H and O–H groups in total. The van der Waals surface area contributed by atoms with Crippen molar-refractivity contribution < 1.29 is 14.3 Å². The van der Waals surface area contributed by atoms with Crippen molar-refractivity contribution in [3.8, 4) is 0 Å². The average molecular weight is 214 g/mol. The SMILES string of the molecule is CCOC(=O)c1cncc(C(=O)Cl)c1. The average Bonchev–Trinajstić information content (AvgIpc) is 2.18. The lowest BCUT2D eigenvalue weighted by Gasteiger charge is -2.01. The van der Waals surface area contributed by atoms with Crippen molar-refractivity contribution in [1.82, 2.24) is 4.98 Å². The molecule has 4 nitrogen and oxygen atoms in total. The van der Waals surface area contributed by atoms with E-state index in [0.717, 1.165) is 0 Å². The van der Waals surface area contributed by atoms with Gasteiger partial charge in [-0.05, 0) is 24.6 Å². The van der Waals surface area contributed by atoms with E-state index in [1.165, 1.54) is 18.5 Å². The number of carbonyl (C=O) groups excluding carboxylic acids is 2. The minimum absolute atomic E-state index is 0.178. The lowest BCUT2D eigenvalue weighted by molar-refractivity contribution is 0.0526. The summed E-state index contributed by atoms with van der Waals surface area (Å²) in [6.45, 7) is 1.97. The predicted molar refractivity (Wildman–Crippen MR) is 50.4 cm³/mol. The summed E-state index contributed by atoms with van der Waals surface area (Å²) in [4.78, 5) is 25.7. The highest BCUT2D eigenvalue weighted by Gasteiger charge is 2.09. The fourth-order valence-electron chi connectivity index (χ4n) is 0.873. The van der Waals surface area contributed by atoms with Crippen LogP contribution in [-0.4, -0.2) is 22.8 Å². The predicted octanol–water partition coefficient (Wildman–Crippen LogP) is 1.64. The first-order valence-corrected chi connectivity index (χ1v) is 4.35. The summed E-state index contributed by atoms with van der Waals surface area (Å²) in [5, 5.41) is -0.649. The number of carbonyl (C=O) groups is 2. The number of halogens is 1. The summed E-state index contributed by atoms with van der Waals surface area (Å²) in [5.74, 6) is -0.514. The maximum Gasteiger partial charge on any atom is 0.339 e. The molecule has 0 aliphatic heterocycles.